The summed E-state index contributed by atoms with van der Waals surface area (Å²) in [4.78, 5) is 0. The molecule has 0 unspecified atom stereocenters. The first-order valence-corrected chi connectivity index (χ1v) is 6.58. The Kier molecular flexibility index (Phi) is 4.22. The van der Waals surface area contributed by atoms with Crippen molar-refractivity contribution in [1.29, 1.82) is 0 Å². The van der Waals surface area contributed by atoms with Gasteiger partial charge in [0.15, 0.2) is 0 Å². The topological polar surface area (TPSA) is 0 Å². The van der Waals surface area contributed by atoms with Gasteiger partial charge in [0.05, 0.1) is 0 Å². The molecule has 0 radical (unpaired) electrons. The third-order valence-electron chi connectivity index (χ3n) is 2.43. The van der Waals surface area contributed by atoms with Crippen molar-refractivity contribution in [3.63, 3.8) is 0 Å². The van der Waals surface area contributed by atoms with Crippen LogP contribution in [0.2, 0.25) is 15.1 Å². The first-order chi connectivity index (χ1) is 8.11. The van der Waals surface area contributed by atoms with Gasteiger partial charge in [0.2, 0.25) is 0 Å². The maximum Gasteiger partial charge on any atom is 0.0489 e. The maximum absolute atomic E-state index is 6.14. The SMILES string of the molecule is ClCc1cc(-c2cc(Cl)ccc2Cl)ccc1Cl. The van der Waals surface area contributed by atoms with Crippen LogP contribution >= 0.6 is 46.4 Å². The molecule has 0 saturated carbocycles. The quantitative estimate of drug-likeness (QED) is 0.592. The third-order valence-corrected chi connectivity index (χ3v) is 3.65. The molecule has 0 bridgehead atoms. The Morgan fingerprint density at radius 3 is 2.24 bits per heavy atom. The molecule has 4 heteroatoms. The molecule has 0 aliphatic heterocycles. The molecule has 0 saturated heterocycles. The summed E-state index contributed by atoms with van der Waals surface area (Å²) in [6, 6.07) is 11.0. The van der Waals surface area contributed by atoms with Crippen LogP contribution in [0.1, 0.15) is 5.56 Å². The van der Waals surface area contributed by atoms with Crippen LogP contribution in [0.3, 0.4) is 0 Å². The number of hydrogen-bond acceptors (Lipinski definition) is 0. The van der Waals surface area contributed by atoms with Crippen molar-refractivity contribution in [1.82, 2.24) is 0 Å². The van der Waals surface area contributed by atoms with Gasteiger partial charge in [-0.25, -0.2) is 0 Å². The molecule has 88 valence electrons. The van der Waals surface area contributed by atoms with E-state index >= 15 is 0 Å². The van der Waals surface area contributed by atoms with Gasteiger partial charge >= 0.3 is 0 Å². The van der Waals surface area contributed by atoms with Crippen molar-refractivity contribution in [2.24, 2.45) is 0 Å². The van der Waals surface area contributed by atoms with Crippen LogP contribution in [0.25, 0.3) is 11.1 Å². The lowest BCUT2D eigenvalue weighted by Gasteiger charge is -2.08. The third kappa shape index (κ3) is 2.89. The fourth-order valence-electron chi connectivity index (χ4n) is 1.56. The fraction of sp³-hybridized carbons (Fsp3) is 0.0769. The van der Waals surface area contributed by atoms with Gasteiger partial charge in [-0.15, -0.1) is 11.6 Å². The largest absolute Gasteiger partial charge is 0.121 e. The molecule has 0 spiro atoms. The van der Waals surface area contributed by atoms with Gasteiger partial charge in [0, 0.05) is 26.5 Å². The van der Waals surface area contributed by atoms with Gasteiger partial charge in [-0.05, 0) is 41.5 Å². The molecule has 2 aromatic rings. The molecule has 0 nitrogen and oxygen atoms in total. The van der Waals surface area contributed by atoms with Crippen molar-refractivity contribution in [3.8, 4) is 11.1 Å². The van der Waals surface area contributed by atoms with E-state index in [9.17, 15) is 0 Å². The summed E-state index contributed by atoms with van der Waals surface area (Å²) in [6.07, 6.45) is 0. The predicted octanol–water partition coefficient (Wildman–Crippen LogP) is 6.05. The van der Waals surface area contributed by atoms with Crippen molar-refractivity contribution in [3.05, 3.63) is 57.0 Å². The Bertz CT molecular complexity index is 549. The van der Waals surface area contributed by atoms with Gasteiger partial charge in [0.1, 0.15) is 0 Å². The summed E-state index contributed by atoms with van der Waals surface area (Å²) in [7, 11) is 0. The second-order valence-electron chi connectivity index (χ2n) is 3.56. The van der Waals surface area contributed by atoms with Crippen LogP contribution in [0.15, 0.2) is 36.4 Å². The summed E-state index contributed by atoms with van der Waals surface area (Å²) in [5.41, 5.74) is 2.71. The second-order valence-corrected chi connectivity index (χ2v) is 5.08. The zero-order valence-corrected chi connectivity index (χ0v) is 11.7. The molecule has 0 aliphatic rings. The number of halogens is 4. The molecule has 0 N–H and O–H groups in total. The van der Waals surface area contributed by atoms with Crippen molar-refractivity contribution in [2.75, 3.05) is 0 Å². The molecular weight excluding hydrogens is 298 g/mol. The van der Waals surface area contributed by atoms with Crippen molar-refractivity contribution in [2.45, 2.75) is 5.88 Å². The zero-order chi connectivity index (χ0) is 12.4. The molecule has 2 aromatic carbocycles. The van der Waals surface area contributed by atoms with E-state index in [0.717, 1.165) is 16.7 Å². The molecule has 0 atom stereocenters. The van der Waals surface area contributed by atoms with Gasteiger partial charge < -0.3 is 0 Å². The zero-order valence-electron chi connectivity index (χ0n) is 8.68. The normalized spacial score (nSPS) is 10.6. The average molecular weight is 306 g/mol. The summed E-state index contributed by atoms with van der Waals surface area (Å²) in [5, 5.41) is 1.95. The van der Waals surface area contributed by atoms with Crippen LogP contribution in [0, 0.1) is 0 Å². The highest BCUT2D eigenvalue weighted by molar-refractivity contribution is 6.35. The number of benzene rings is 2. The first-order valence-electron chi connectivity index (χ1n) is 4.91. The monoisotopic (exact) mass is 304 g/mol. The minimum atomic E-state index is 0.366. The van der Waals surface area contributed by atoms with E-state index < -0.39 is 0 Å². The van der Waals surface area contributed by atoms with Gasteiger partial charge in [0.25, 0.3) is 0 Å². The van der Waals surface area contributed by atoms with Crippen LogP contribution in [0.4, 0.5) is 0 Å². The van der Waals surface area contributed by atoms with Gasteiger partial charge in [-0.3, -0.25) is 0 Å². The van der Waals surface area contributed by atoms with Crippen molar-refractivity contribution < 1.29 is 0 Å². The number of alkyl halides is 1. The Morgan fingerprint density at radius 1 is 0.824 bits per heavy atom. The molecule has 0 aromatic heterocycles. The Hall–Kier alpha value is -0.400. The summed E-state index contributed by atoms with van der Waals surface area (Å²) < 4.78 is 0. The maximum atomic E-state index is 6.14. The van der Waals surface area contributed by atoms with Crippen LogP contribution in [-0.4, -0.2) is 0 Å². The van der Waals surface area contributed by atoms with E-state index in [0.29, 0.717) is 20.9 Å². The average Bonchev–Trinajstić information content (AvgIpc) is 2.33. The minimum absolute atomic E-state index is 0.366. The van der Waals surface area contributed by atoms with Gasteiger partial charge in [-0.2, -0.15) is 0 Å². The Labute approximate surface area is 120 Å². The molecule has 0 fully saturated rings. The lowest BCUT2D eigenvalue weighted by molar-refractivity contribution is 1.40. The van der Waals surface area contributed by atoms with E-state index in [1.165, 1.54) is 0 Å². The molecule has 0 amide bonds. The highest BCUT2D eigenvalue weighted by Crippen LogP contribution is 2.33. The molecule has 0 heterocycles. The smallest absolute Gasteiger partial charge is 0.0489 e. The van der Waals surface area contributed by atoms with E-state index in [2.05, 4.69) is 0 Å². The summed E-state index contributed by atoms with van der Waals surface area (Å²) in [5.74, 6) is 0.366. The molecular formula is C13H8Cl4. The summed E-state index contributed by atoms with van der Waals surface area (Å²) in [6.45, 7) is 0. The Balaban J connectivity index is 2.56. The fourth-order valence-corrected chi connectivity index (χ4v) is 2.44. The second kappa shape index (κ2) is 5.49. The standard InChI is InChI=1S/C13H8Cl4/c14-7-9-5-8(1-3-12(9)16)11-6-10(15)2-4-13(11)17/h1-6H,7H2. The van der Waals surface area contributed by atoms with Crippen LogP contribution in [0.5, 0.6) is 0 Å². The van der Waals surface area contributed by atoms with Gasteiger partial charge in [-0.1, -0.05) is 40.9 Å². The first kappa shape index (κ1) is 13.0. The van der Waals surface area contributed by atoms with E-state index in [1.807, 2.05) is 24.3 Å². The van der Waals surface area contributed by atoms with Crippen LogP contribution < -0.4 is 0 Å². The molecule has 17 heavy (non-hydrogen) atoms. The van der Waals surface area contributed by atoms with E-state index in [-0.39, 0.29) is 0 Å². The lowest BCUT2D eigenvalue weighted by atomic mass is 10.0. The van der Waals surface area contributed by atoms with E-state index in [4.69, 9.17) is 46.4 Å². The number of rotatable bonds is 2. The number of hydrogen-bond donors (Lipinski definition) is 0. The minimum Gasteiger partial charge on any atom is -0.121 e. The molecule has 2 rings (SSSR count). The van der Waals surface area contributed by atoms with Crippen LogP contribution in [-0.2, 0) is 5.88 Å². The molecule has 0 aliphatic carbocycles. The Morgan fingerprint density at radius 2 is 1.53 bits per heavy atom. The highest BCUT2D eigenvalue weighted by atomic mass is 35.5. The summed E-state index contributed by atoms with van der Waals surface area (Å²) >= 11 is 23.9. The van der Waals surface area contributed by atoms with Crippen molar-refractivity contribution >= 4 is 46.4 Å². The lowest BCUT2D eigenvalue weighted by Crippen LogP contribution is -1.85. The van der Waals surface area contributed by atoms with E-state index in [1.54, 1.807) is 12.1 Å². The predicted molar refractivity (Wildman–Crippen MR) is 76.5 cm³/mol. The highest BCUT2D eigenvalue weighted by Gasteiger charge is 2.07.